The van der Waals surface area contributed by atoms with Crippen LogP contribution < -0.4 is 79.7 Å². The Morgan fingerprint density at radius 2 is 2.20 bits per heavy atom. The second kappa shape index (κ2) is 10.6. The van der Waals surface area contributed by atoms with Gasteiger partial charge >= 0.3 is 64.8 Å². The molecule has 2 rings (SSSR count). The van der Waals surface area contributed by atoms with Crippen molar-refractivity contribution in [1.29, 1.82) is 0 Å². The molecule has 1 aliphatic heterocycles. The quantitative estimate of drug-likeness (QED) is 0.170. The van der Waals surface area contributed by atoms with Crippen molar-refractivity contribution in [2.75, 3.05) is 6.16 Å². The van der Waals surface area contributed by atoms with Gasteiger partial charge in [0, 0.05) is 31.9 Å². The summed E-state index contributed by atoms with van der Waals surface area (Å²) in [5.74, 6) is -0.639. The van der Waals surface area contributed by atoms with Gasteiger partial charge in [0.25, 0.3) is 0 Å². The van der Waals surface area contributed by atoms with Crippen LogP contribution in [0.25, 0.3) is 10.4 Å². The first-order valence-electron chi connectivity index (χ1n) is 6.70. The molecule has 1 aromatic heterocycles. The summed E-state index contributed by atoms with van der Waals surface area (Å²) in [6.07, 6.45) is -0.805. The normalized spacial score (nSPS) is 22.5. The molecule has 14 heteroatoms. The summed E-state index contributed by atoms with van der Waals surface area (Å²) < 4.78 is 6.67. The summed E-state index contributed by atoms with van der Waals surface area (Å²) >= 11 is 0. The Hall–Kier alpha value is 0.260. The van der Waals surface area contributed by atoms with Crippen LogP contribution in [0.3, 0.4) is 0 Å². The molecule has 126 valence electrons. The molecule has 0 spiro atoms. The predicted octanol–water partition coefficient (Wildman–Crippen LogP) is -7.53. The molecule has 25 heavy (non-hydrogen) atoms. The fourth-order valence-corrected chi connectivity index (χ4v) is 2.96. The van der Waals surface area contributed by atoms with Crippen LogP contribution in [0.4, 0.5) is 0 Å². The Morgan fingerprint density at radius 1 is 1.56 bits per heavy atom. The van der Waals surface area contributed by atoms with Crippen molar-refractivity contribution >= 4 is 7.94 Å². The molecule has 0 unspecified atom stereocenters. The number of hydrogen-bond donors (Lipinski definition) is 1. The van der Waals surface area contributed by atoms with E-state index in [1.54, 1.807) is 0 Å². The average Bonchev–Trinajstić information content (AvgIpc) is 2.83. The maximum absolute atomic E-state index is 11.8. The van der Waals surface area contributed by atoms with Crippen molar-refractivity contribution in [3.05, 3.63) is 32.7 Å². The molecule has 2 heterocycles. The van der Waals surface area contributed by atoms with Gasteiger partial charge < -0.3 is 19.6 Å². The average molecular weight is 389 g/mol. The zero-order valence-corrected chi connectivity index (χ0v) is 19.0. The van der Waals surface area contributed by atoms with Gasteiger partial charge in [0.15, 0.2) is 0 Å². The van der Waals surface area contributed by atoms with E-state index in [9.17, 15) is 19.7 Å². The minimum atomic E-state index is -4.47. The zero-order chi connectivity index (χ0) is 17.2. The van der Waals surface area contributed by atoms with Crippen LogP contribution in [-0.4, -0.2) is 32.8 Å². The monoisotopic (exact) mass is 389 g/mol. The van der Waals surface area contributed by atoms with Crippen molar-refractivity contribution in [2.45, 2.75) is 38.1 Å². The summed E-state index contributed by atoms with van der Waals surface area (Å²) in [4.78, 5) is 48.4. The molecule has 11 nitrogen and oxygen atoms in total. The number of rotatable bonds is 5. The standard InChI is InChI=1S/C11H16N5O6P.2Na/c1-6-5-16(11(18)13-10(6)17)9-4-7(14-15-12)8(22-9)2-3-23(19,20)21;;/h5,7-9H,2-4H2,1H3,(H,13,17,18)(H2,19,20,21);;/q;2*+1/p-2/t7-,8+,9+;;/m0../s1. The van der Waals surface area contributed by atoms with Crippen molar-refractivity contribution in [2.24, 2.45) is 5.11 Å². The molecule has 1 N–H and O–H groups in total. The van der Waals surface area contributed by atoms with E-state index in [1.165, 1.54) is 13.1 Å². The summed E-state index contributed by atoms with van der Waals surface area (Å²) in [5.41, 5.74) is 8.02. The van der Waals surface area contributed by atoms with E-state index in [2.05, 4.69) is 15.0 Å². The van der Waals surface area contributed by atoms with Gasteiger partial charge in [-0.15, -0.1) is 0 Å². The van der Waals surface area contributed by atoms with Crippen LogP contribution in [0.15, 0.2) is 16.1 Å². The Balaban J connectivity index is 0.00000288. The Morgan fingerprint density at radius 3 is 2.76 bits per heavy atom. The first-order chi connectivity index (χ1) is 10.7. The van der Waals surface area contributed by atoms with Crippen LogP contribution in [0.1, 0.15) is 24.6 Å². The fraction of sp³-hybridized carbons (Fsp3) is 0.636. The minimum absolute atomic E-state index is 0. The third kappa shape index (κ3) is 7.06. The number of aryl methyl sites for hydroxylation is 1. The third-order valence-corrected chi connectivity index (χ3v) is 4.32. The largest absolute Gasteiger partial charge is 1.00 e. The number of hydrogen-bond acceptors (Lipinski definition) is 8. The SMILES string of the molecule is Cc1cn([C@H]2C[C@H](N=[N+]=[N-])[C@@H](CC[P+]([O-])([O-])O)O2)c(=O)nc1[O-].[Na+].[Na+]. The number of ether oxygens (including phenoxy) is 1. The molecular formula is C11H14N5Na2O6P. The molecule has 1 aliphatic rings. The topological polar surface area (TPSA) is 182 Å². The van der Waals surface area contributed by atoms with Crippen molar-refractivity contribution < 1.29 is 83.6 Å². The van der Waals surface area contributed by atoms with E-state index >= 15 is 0 Å². The van der Waals surface area contributed by atoms with Gasteiger partial charge in [-0.05, 0) is 23.9 Å². The van der Waals surface area contributed by atoms with Gasteiger partial charge in [-0.3, -0.25) is 9.46 Å². The minimum Gasteiger partial charge on any atom is -0.858 e. The summed E-state index contributed by atoms with van der Waals surface area (Å²) in [6, 6.07) is -0.698. The second-order valence-electron chi connectivity index (χ2n) is 5.21. The number of azide groups is 1. The van der Waals surface area contributed by atoms with Crippen LogP contribution in [-0.2, 0) is 4.74 Å². The third-order valence-electron chi connectivity index (χ3n) is 3.50. The second-order valence-corrected chi connectivity index (χ2v) is 6.93. The molecule has 0 saturated carbocycles. The summed E-state index contributed by atoms with van der Waals surface area (Å²) in [7, 11) is -4.47. The zero-order valence-electron chi connectivity index (χ0n) is 14.1. The summed E-state index contributed by atoms with van der Waals surface area (Å²) in [5, 5.41) is 14.9. The van der Waals surface area contributed by atoms with Crippen LogP contribution in [0.2, 0.25) is 0 Å². The number of aromatic nitrogens is 2. The van der Waals surface area contributed by atoms with E-state index in [-0.39, 0.29) is 77.5 Å². The molecule has 0 aromatic carbocycles. The molecule has 0 aliphatic carbocycles. The van der Waals surface area contributed by atoms with Crippen LogP contribution in [0.5, 0.6) is 5.88 Å². The van der Waals surface area contributed by atoms with E-state index < -0.39 is 44.0 Å². The first kappa shape index (κ1) is 25.3. The van der Waals surface area contributed by atoms with Gasteiger partial charge in [0.1, 0.15) is 6.23 Å². The van der Waals surface area contributed by atoms with Crippen molar-refractivity contribution in [3.8, 4) is 5.88 Å². The van der Waals surface area contributed by atoms with Crippen LogP contribution in [0, 0.1) is 6.92 Å². The molecule has 0 amide bonds. The smallest absolute Gasteiger partial charge is 0.858 e. The maximum atomic E-state index is 11.8. The molecule has 1 fully saturated rings. The van der Waals surface area contributed by atoms with Crippen molar-refractivity contribution in [1.82, 2.24) is 9.55 Å². The van der Waals surface area contributed by atoms with Gasteiger partial charge in [0.2, 0.25) is 0 Å². The maximum Gasteiger partial charge on any atom is 1.00 e. The van der Waals surface area contributed by atoms with E-state index in [1.807, 2.05) is 0 Å². The fourth-order valence-electron chi connectivity index (χ4n) is 2.38. The molecule has 0 bridgehead atoms. The van der Waals surface area contributed by atoms with E-state index in [4.69, 9.17) is 15.2 Å². The van der Waals surface area contributed by atoms with Gasteiger partial charge in [-0.25, -0.2) is 9.78 Å². The predicted molar refractivity (Wildman–Crippen MR) is 72.8 cm³/mol. The number of nitrogens with zero attached hydrogens (tertiary/aromatic N) is 5. The molecule has 1 aromatic rings. The van der Waals surface area contributed by atoms with Crippen molar-refractivity contribution in [3.63, 3.8) is 0 Å². The van der Waals surface area contributed by atoms with Gasteiger partial charge in [-0.1, -0.05) is 5.11 Å². The first-order valence-corrected chi connectivity index (χ1v) is 8.47. The molecule has 3 atom stereocenters. The molecular weight excluding hydrogens is 375 g/mol. The summed E-state index contributed by atoms with van der Waals surface area (Å²) in [6.45, 7) is 1.49. The van der Waals surface area contributed by atoms with Gasteiger partial charge in [0.05, 0.1) is 18.3 Å². The Bertz CT molecular complexity index is 693. The van der Waals surface area contributed by atoms with E-state index in [0.717, 1.165) is 4.57 Å². The van der Waals surface area contributed by atoms with E-state index in [0.29, 0.717) is 0 Å². The molecule has 0 radical (unpaired) electrons. The van der Waals surface area contributed by atoms with Gasteiger partial charge in [-0.2, -0.15) is 0 Å². The Kier molecular flexibility index (Phi) is 10.7. The Labute approximate surface area is 187 Å². The van der Waals surface area contributed by atoms with Crippen LogP contribution >= 0.6 is 7.94 Å². The molecule has 1 saturated heterocycles.